The molecule has 0 atom stereocenters. The van der Waals surface area contributed by atoms with Crippen molar-refractivity contribution in [1.82, 2.24) is 0 Å². The number of alkyl halides is 3. The van der Waals surface area contributed by atoms with Gasteiger partial charge in [0, 0.05) is 6.07 Å². The van der Waals surface area contributed by atoms with E-state index in [9.17, 15) is 23.1 Å². The Morgan fingerprint density at radius 3 is 2.30 bits per heavy atom. The number of nitrogens with zero attached hydrogens (tertiary/aromatic N) is 3. The molecule has 2 aromatic rings. The second-order valence-electron chi connectivity index (χ2n) is 4.38. The fourth-order valence-corrected chi connectivity index (χ4v) is 1.68. The van der Waals surface area contributed by atoms with Crippen LogP contribution in [-0.4, -0.2) is 5.11 Å². The number of halogens is 3. The van der Waals surface area contributed by atoms with Gasteiger partial charge in [-0.15, -0.1) is 0 Å². The van der Waals surface area contributed by atoms with Gasteiger partial charge in [-0.3, -0.25) is 4.79 Å². The van der Waals surface area contributed by atoms with Crippen molar-refractivity contribution in [2.75, 3.05) is 0 Å². The molecule has 2 aromatic carbocycles. The molecule has 0 fully saturated rings. The van der Waals surface area contributed by atoms with Crippen molar-refractivity contribution in [2.45, 2.75) is 6.18 Å². The molecule has 5 nitrogen and oxygen atoms in total. The number of benzene rings is 1. The zero-order chi connectivity index (χ0) is 17.0. The van der Waals surface area contributed by atoms with Gasteiger partial charge in [-0.25, -0.2) is 0 Å². The molecule has 0 aliphatic rings. The molecule has 0 unspecified atom stereocenters. The largest absolute Gasteiger partial charge is 0.504 e. The molecular formula is C15H8F3N3O2. The van der Waals surface area contributed by atoms with Crippen molar-refractivity contribution >= 4 is 11.4 Å². The van der Waals surface area contributed by atoms with Gasteiger partial charge in [0.05, 0.1) is 28.6 Å². The quantitative estimate of drug-likeness (QED) is 0.847. The van der Waals surface area contributed by atoms with Crippen LogP contribution in [0.1, 0.15) is 11.1 Å². The Morgan fingerprint density at radius 2 is 1.70 bits per heavy atom. The summed E-state index contributed by atoms with van der Waals surface area (Å²) in [7, 11) is 0. The van der Waals surface area contributed by atoms with Crippen LogP contribution in [0, 0.1) is 11.3 Å². The van der Waals surface area contributed by atoms with Gasteiger partial charge < -0.3 is 5.11 Å². The van der Waals surface area contributed by atoms with Crippen molar-refractivity contribution in [3.05, 3.63) is 63.8 Å². The standard InChI is InChI=1S/C15H8F3N3O2/c16-15(17,18)12-6-11(5-4-9(12)8-19)21-20-10-2-1-3-13(22)14(23)7-10/h1-7H,(H,22,23). The summed E-state index contributed by atoms with van der Waals surface area (Å²) in [5, 5.41) is 25.2. The number of hydrogen-bond donors (Lipinski definition) is 1. The predicted octanol–water partition coefficient (Wildman–Crippen LogP) is 4.06. The molecule has 0 saturated carbocycles. The zero-order valence-electron chi connectivity index (χ0n) is 11.4. The summed E-state index contributed by atoms with van der Waals surface area (Å²) in [6.07, 6.45) is -4.69. The van der Waals surface area contributed by atoms with Crippen LogP contribution in [0.3, 0.4) is 0 Å². The molecule has 0 bridgehead atoms. The summed E-state index contributed by atoms with van der Waals surface area (Å²) in [6, 6.07) is 9.21. The van der Waals surface area contributed by atoms with E-state index in [4.69, 9.17) is 5.26 Å². The van der Waals surface area contributed by atoms with Crippen LogP contribution in [0.2, 0.25) is 0 Å². The fourth-order valence-electron chi connectivity index (χ4n) is 1.68. The van der Waals surface area contributed by atoms with Gasteiger partial charge in [0.1, 0.15) is 0 Å². The van der Waals surface area contributed by atoms with Gasteiger partial charge in [-0.2, -0.15) is 28.7 Å². The smallest absolute Gasteiger partial charge is 0.417 e. The maximum Gasteiger partial charge on any atom is 0.417 e. The van der Waals surface area contributed by atoms with Crippen molar-refractivity contribution in [3.8, 4) is 11.8 Å². The molecule has 116 valence electrons. The number of aromatic hydroxyl groups is 1. The number of nitriles is 1. The molecule has 0 aliphatic carbocycles. The first-order chi connectivity index (χ1) is 10.8. The molecule has 2 rings (SSSR count). The van der Waals surface area contributed by atoms with Gasteiger partial charge in [-0.05, 0) is 30.3 Å². The lowest BCUT2D eigenvalue weighted by Crippen LogP contribution is -2.07. The van der Waals surface area contributed by atoms with Crippen molar-refractivity contribution in [1.29, 1.82) is 5.26 Å². The van der Waals surface area contributed by atoms with Gasteiger partial charge >= 0.3 is 6.18 Å². The van der Waals surface area contributed by atoms with Crippen molar-refractivity contribution in [2.24, 2.45) is 10.2 Å². The fraction of sp³-hybridized carbons (Fsp3) is 0.0667. The average molecular weight is 319 g/mol. The third-order valence-corrected chi connectivity index (χ3v) is 2.76. The molecule has 0 saturated heterocycles. The Labute approximate surface area is 128 Å². The first kappa shape index (κ1) is 16.2. The van der Waals surface area contributed by atoms with Gasteiger partial charge in [0.15, 0.2) is 5.75 Å². The van der Waals surface area contributed by atoms with Gasteiger partial charge in [0.25, 0.3) is 0 Å². The molecule has 8 heteroatoms. The van der Waals surface area contributed by atoms with E-state index in [1.807, 2.05) is 0 Å². The molecule has 0 heterocycles. The van der Waals surface area contributed by atoms with Crippen molar-refractivity contribution < 1.29 is 18.3 Å². The first-order valence-corrected chi connectivity index (χ1v) is 6.17. The van der Waals surface area contributed by atoms with E-state index in [0.29, 0.717) is 6.07 Å². The minimum absolute atomic E-state index is 0.0632. The van der Waals surface area contributed by atoms with E-state index >= 15 is 0 Å². The first-order valence-electron chi connectivity index (χ1n) is 6.17. The molecule has 1 N–H and O–H groups in total. The Kier molecular flexibility index (Phi) is 4.41. The number of rotatable bonds is 2. The predicted molar refractivity (Wildman–Crippen MR) is 74.7 cm³/mol. The highest BCUT2D eigenvalue weighted by Crippen LogP contribution is 2.34. The van der Waals surface area contributed by atoms with E-state index in [1.54, 1.807) is 0 Å². The van der Waals surface area contributed by atoms with E-state index in [-0.39, 0.29) is 11.4 Å². The zero-order valence-corrected chi connectivity index (χ0v) is 11.4. The maximum absolute atomic E-state index is 12.8. The Hall–Kier alpha value is -3.21. The topological polar surface area (TPSA) is 85.8 Å². The minimum atomic E-state index is -4.69. The minimum Gasteiger partial charge on any atom is -0.504 e. The maximum atomic E-state index is 12.8. The molecule has 0 radical (unpaired) electrons. The highest BCUT2D eigenvalue weighted by Gasteiger charge is 2.33. The molecule has 0 aliphatic heterocycles. The normalized spacial score (nSPS) is 11.4. The second-order valence-corrected chi connectivity index (χ2v) is 4.38. The number of hydrogen-bond acceptors (Lipinski definition) is 5. The molecule has 0 amide bonds. The Morgan fingerprint density at radius 1 is 1.04 bits per heavy atom. The number of azo groups is 1. The highest BCUT2D eigenvalue weighted by atomic mass is 19.4. The lowest BCUT2D eigenvalue weighted by atomic mass is 10.1. The third kappa shape index (κ3) is 3.91. The monoisotopic (exact) mass is 319 g/mol. The molecule has 0 aromatic heterocycles. The summed E-state index contributed by atoms with van der Waals surface area (Å²) in [4.78, 5) is 11.4. The van der Waals surface area contributed by atoms with E-state index in [1.165, 1.54) is 24.3 Å². The molecule has 0 spiro atoms. The summed E-state index contributed by atoms with van der Waals surface area (Å²) in [5.41, 5.74) is -2.39. The molecular weight excluding hydrogens is 311 g/mol. The van der Waals surface area contributed by atoms with Crippen LogP contribution in [0.25, 0.3) is 0 Å². The SMILES string of the molecule is N#Cc1ccc(N=Nc2cccc(O)c(=O)c2)cc1C(F)(F)F. The lowest BCUT2D eigenvalue weighted by Gasteiger charge is -2.08. The Bertz CT molecular complexity index is 871. The van der Waals surface area contributed by atoms with Gasteiger partial charge in [0.2, 0.25) is 5.43 Å². The second kappa shape index (κ2) is 6.27. The van der Waals surface area contributed by atoms with Crippen LogP contribution in [0.15, 0.2) is 57.5 Å². The van der Waals surface area contributed by atoms with Crippen LogP contribution in [0.4, 0.5) is 24.5 Å². The van der Waals surface area contributed by atoms with Crippen LogP contribution in [0.5, 0.6) is 5.75 Å². The lowest BCUT2D eigenvalue weighted by molar-refractivity contribution is -0.137. The van der Waals surface area contributed by atoms with Crippen molar-refractivity contribution in [3.63, 3.8) is 0 Å². The summed E-state index contributed by atoms with van der Waals surface area (Å²) < 4.78 is 38.5. The third-order valence-electron chi connectivity index (χ3n) is 2.76. The van der Waals surface area contributed by atoms with E-state index < -0.39 is 28.5 Å². The van der Waals surface area contributed by atoms with Crippen LogP contribution in [-0.2, 0) is 6.18 Å². The van der Waals surface area contributed by atoms with Gasteiger partial charge in [-0.1, -0.05) is 6.07 Å². The van der Waals surface area contributed by atoms with Crippen LogP contribution >= 0.6 is 0 Å². The highest BCUT2D eigenvalue weighted by molar-refractivity contribution is 5.50. The molecule has 23 heavy (non-hydrogen) atoms. The average Bonchev–Trinajstić information content (AvgIpc) is 2.66. The Balaban J connectivity index is 2.42. The summed E-state index contributed by atoms with van der Waals surface area (Å²) in [6.45, 7) is 0. The summed E-state index contributed by atoms with van der Waals surface area (Å²) in [5.74, 6) is -0.482. The summed E-state index contributed by atoms with van der Waals surface area (Å²) >= 11 is 0. The van der Waals surface area contributed by atoms with Crippen LogP contribution < -0.4 is 5.43 Å². The van der Waals surface area contributed by atoms with E-state index in [2.05, 4.69) is 10.2 Å². The van der Waals surface area contributed by atoms with E-state index in [0.717, 1.165) is 18.2 Å².